The van der Waals surface area contributed by atoms with Gasteiger partial charge in [-0.05, 0) is 36.2 Å². The number of rotatable bonds is 11. The summed E-state index contributed by atoms with van der Waals surface area (Å²) in [6.45, 7) is 1.67. The fourth-order valence-electron chi connectivity index (χ4n) is 3.09. The van der Waals surface area contributed by atoms with Gasteiger partial charge < -0.3 is 30.7 Å². The van der Waals surface area contributed by atoms with Crippen molar-refractivity contribution in [3.63, 3.8) is 0 Å². The summed E-state index contributed by atoms with van der Waals surface area (Å²) in [6, 6.07) is 12.0. The first-order chi connectivity index (χ1) is 16.8. The Morgan fingerprint density at radius 2 is 1.60 bits per heavy atom. The minimum atomic E-state index is -0.576. The van der Waals surface area contributed by atoms with Crippen LogP contribution >= 0.6 is 0 Å². The lowest BCUT2D eigenvalue weighted by Crippen LogP contribution is -2.36. The van der Waals surface area contributed by atoms with Crippen LogP contribution < -0.4 is 30.7 Å². The second kappa shape index (κ2) is 13.4. The molecule has 0 radical (unpaired) electrons. The molecule has 35 heavy (non-hydrogen) atoms. The van der Waals surface area contributed by atoms with Crippen LogP contribution in [0.4, 0.5) is 0 Å². The number of carbonyl (C=O) groups is 4. The van der Waals surface area contributed by atoms with Gasteiger partial charge in [-0.3, -0.25) is 19.2 Å². The summed E-state index contributed by atoms with van der Waals surface area (Å²) in [4.78, 5) is 47.8. The second-order valence-corrected chi connectivity index (χ2v) is 7.41. The predicted molar refractivity (Wildman–Crippen MR) is 130 cm³/mol. The highest BCUT2D eigenvalue weighted by Crippen LogP contribution is 2.30. The van der Waals surface area contributed by atoms with Gasteiger partial charge >= 0.3 is 0 Å². The first-order valence-electron chi connectivity index (χ1n) is 10.8. The van der Waals surface area contributed by atoms with E-state index in [1.54, 1.807) is 50.6 Å². The summed E-state index contributed by atoms with van der Waals surface area (Å²) in [5.41, 5.74) is 1.87. The predicted octanol–water partition coefficient (Wildman–Crippen LogP) is 1.23. The van der Waals surface area contributed by atoms with E-state index in [0.29, 0.717) is 22.6 Å². The molecule has 10 nitrogen and oxygen atoms in total. The molecule has 0 aliphatic carbocycles. The number of carbonyl (C=O) groups excluding carboxylic acids is 4. The molecule has 0 saturated carbocycles. The molecule has 4 amide bonds. The molecule has 0 saturated heterocycles. The van der Waals surface area contributed by atoms with Crippen LogP contribution in [-0.2, 0) is 20.9 Å². The monoisotopic (exact) mass is 482 g/mol. The second-order valence-electron chi connectivity index (χ2n) is 7.41. The van der Waals surface area contributed by atoms with E-state index < -0.39 is 17.7 Å². The molecule has 2 aromatic carbocycles. The molecule has 0 aliphatic rings. The minimum absolute atomic E-state index is 0.0944. The van der Waals surface area contributed by atoms with Gasteiger partial charge in [-0.1, -0.05) is 24.3 Å². The van der Waals surface area contributed by atoms with Crippen LogP contribution in [0.25, 0.3) is 0 Å². The van der Waals surface area contributed by atoms with Crippen molar-refractivity contribution < 1.29 is 28.7 Å². The Kier molecular flexibility index (Phi) is 10.3. The average Bonchev–Trinajstić information content (AvgIpc) is 2.88. The first-order valence-corrected chi connectivity index (χ1v) is 10.8. The summed E-state index contributed by atoms with van der Waals surface area (Å²) in [5.74, 6) is -0.599. The maximum absolute atomic E-state index is 13.0. The third kappa shape index (κ3) is 8.18. The Hall–Kier alpha value is -4.34. The van der Waals surface area contributed by atoms with Crippen LogP contribution in [0.3, 0.4) is 0 Å². The molecule has 0 bridgehead atoms. The van der Waals surface area contributed by atoms with E-state index in [-0.39, 0.29) is 25.0 Å². The zero-order valence-electron chi connectivity index (χ0n) is 20.1. The number of hydrogen-bond acceptors (Lipinski definition) is 6. The zero-order valence-corrected chi connectivity index (χ0v) is 20.1. The van der Waals surface area contributed by atoms with Crippen LogP contribution in [0.5, 0.6) is 11.5 Å². The van der Waals surface area contributed by atoms with Crippen molar-refractivity contribution in [1.29, 1.82) is 0 Å². The SMILES string of the molecule is CNC(=O)/C=C/C(=O)NCC(=O)NCc1ccccc1C(=O)N[C@H](C)c1ccc(OC)c(OC)c1. The lowest BCUT2D eigenvalue weighted by Gasteiger charge is -2.18. The quantitative estimate of drug-likeness (QED) is 0.356. The molecule has 1 atom stereocenters. The molecule has 4 N–H and O–H groups in total. The Morgan fingerprint density at radius 3 is 2.29 bits per heavy atom. The maximum Gasteiger partial charge on any atom is 0.252 e. The third-order valence-corrected chi connectivity index (χ3v) is 5.05. The smallest absolute Gasteiger partial charge is 0.252 e. The van der Waals surface area contributed by atoms with Gasteiger partial charge in [0.1, 0.15) is 0 Å². The third-order valence-electron chi connectivity index (χ3n) is 5.05. The lowest BCUT2D eigenvalue weighted by atomic mass is 10.0. The topological polar surface area (TPSA) is 135 Å². The van der Waals surface area contributed by atoms with Crippen molar-refractivity contribution in [3.05, 3.63) is 71.3 Å². The lowest BCUT2D eigenvalue weighted by molar-refractivity contribution is -0.124. The van der Waals surface area contributed by atoms with Crippen LogP contribution in [0.1, 0.15) is 34.5 Å². The number of ether oxygens (including phenoxy) is 2. The van der Waals surface area contributed by atoms with Crippen molar-refractivity contribution in [2.75, 3.05) is 27.8 Å². The van der Waals surface area contributed by atoms with Crippen molar-refractivity contribution >= 4 is 23.6 Å². The highest BCUT2D eigenvalue weighted by Gasteiger charge is 2.16. The number of methoxy groups -OCH3 is 2. The van der Waals surface area contributed by atoms with Crippen molar-refractivity contribution in [2.24, 2.45) is 0 Å². The fourth-order valence-corrected chi connectivity index (χ4v) is 3.09. The molecule has 2 rings (SSSR count). The van der Waals surface area contributed by atoms with Crippen LogP contribution in [-0.4, -0.2) is 51.4 Å². The fraction of sp³-hybridized carbons (Fsp3) is 0.280. The molecular formula is C25H30N4O6. The largest absolute Gasteiger partial charge is 0.493 e. The Balaban J connectivity index is 1.96. The van der Waals surface area contributed by atoms with E-state index >= 15 is 0 Å². The van der Waals surface area contributed by atoms with E-state index in [1.165, 1.54) is 7.05 Å². The summed E-state index contributed by atoms with van der Waals surface area (Å²) in [5, 5.41) is 10.3. The molecular weight excluding hydrogens is 452 g/mol. The number of hydrogen-bond donors (Lipinski definition) is 4. The van der Waals surface area contributed by atoms with Gasteiger partial charge in [-0.25, -0.2) is 0 Å². The van der Waals surface area contributed by atoms with Gasteiger partial charge in [0.25, 0.3) is 5.91 Å². The molecule has 0 spiro atoms. The van der Waals surface area contributed by atoms with Gasteiger partial charge in [-0.2, -0.15) is 0 Å². The zero-order chi connectivity index (χ0) is 25.8. The van der Waals surface area contributed by atoms with Crippen molar-refractivity contribution in [1.82, 2.24) is 21.3 Å². The van der Waals surface area contributed by atoms with E-state index in [9.17, 15) is 19.2 Å². The Morgan fingerprint density at radius 1 is 0.914 bits per heavy atom. The number of amides is 4. The summed E-state index contributed by atoms with van der Waals surface area (Å²) in [7, 11) is 4.53. The number of nitrogens with one attached hydrogen (secondary N) is 4. The molecule has 186 valence electrons. The average molecular weight is 483 g/mol. The van der Waals surface area contributed by atoms with E-state index in [0.717, 1.165) is 17.7 Å². The van der Waals surface area contributed by atoms with Gasteiger partial charge in [0.05, 0.1) is 26.8 Å². The van der Waals surface area contributed by atoms with Crippen molar-refractivity contribution in [2.45, 2.75) is 19.5 Å². The Labute approximate surface area is 204 Å². The van der Waals surface area contributed by atoms with Gasteiger partial charge in [0, 0.05) is 31.3 Å². The van der Waals surface area contributed by atoms with Gasteiger partial charge in [-0.15, -0.1) is 0 Å². The molecule has 0 unspecified atom stereocenters. The first kappa shape index (κ1) is 26.9. The highest BCUT2D eigenvalue weighted by atomic mass is 16.5. The number of likely N-dealkylation sites (N-methyl/N-ethyl adjacent to an activating group) is 1. The van der Waals surface area contributed by atoms with Crippen LogP contribution in [0, 0.1) is 0 Å². The molecule has 0 aromatic heterocycles. The van der Waals surface area contributed by atoms with E-state index in [4.69, 9.17) is 9.47 Å². The maximum atomic E-state index is 13.0. The van der Waals surface area contributed by atoms with Crippen LogP contribution in [0.2, 0.25) is 0 Å². The molecule has 0 aliphatic heterocycles. The standard InChI is InChI=1S/C25H30N4O6/c1-16(17-9-10-20(34-3)21(13-17)35-4)29-25(33)19-8-6-5-7-18(19)14-27-24(32)15-28-23(31)12-11-22(30)26-2/h5-13,16H,14-15H2,1-4H3,(H,26,30)(H,27,32)(H,28,31)(H,29,33)/b12-11+/t16-/m1/s1. The minimum Gasteiger partial charge on any atom is -0.493 e. The molecule has 10 heteroatoms. The number of benzene rings is 2. The Bertz CT molecular complexity index is 1100. The summed E-state index contributed by atoms with van der Waals surface area (Å²) >= 11 is 0. The normalized spacial score (nSPS) is 11.3. The molecule has 0 heterocycles. The van der Waals surface area contributed by atoms with Gasteiger partial charge in [0.2, 0.25) is 17.7 Å². The van der Waals surface area contributed by atoms with E-state index in [1.807, 2.05) is 13.0 Å². The molecule has 0 fully saturated rings. The highest BCUT2D eigenvalue weighted by molar-refractivity contribution is 5.98. The summed E-state index contributed by atoms with van der Waals surface area (Å²) in [6.07, 6.45) is 2.09. The van der Waals surface area contributed by atoms with Gasteiger partial charge in [0.15, 0.2) is 11.5 Å². The van der Waals surface area contributed by atoms with Crippen molar-refractivity contribution in [3.8, 4) is 11.5 Å². The van der Waals surface area contributed by atoms with Crippen LogP contribution in [0.15, 0.2) is 54.6 Å². The summed E-state index contributed by atoms with van der Waals surface area (Å²) < 4.78 is 10.6. The molecule has 2 aromatic rings. The van der Waals surface area contributed by atoms with E-state index in [2.05, 4.69) is 21.3 Å².